The van der Waals surface area contributed by atoms with Gasteiger partial charge >= 0.3 is 0 Å². The average molecular weight is 213 g/mol. The normalized spacial score (nSPS) is 27.5. The Kier molecular flexibility index (Phi) is 3.59. The third-order valence-electron chi connectivity index (χ3n) is 3.43. The third kappa shape index (κ3) is 2.32. The molecular formula is C11H19NO3. The maximum Gasteiger partial charge on any atom is 0.226 e. The lowest BCUT2D eigenvalue weighted by atomic mass is 9.84. The molecular weight excluding hydrogens is 194 g/mol. The van der Waals surface area contributed by atoms with Crippen LogP contribution in [-0.4, -0.2) is 48.3 Å². The average Bonchev–Trinajstić information content (AvgIpc) is 2.16. The fraction of sp³-hybridized carbons (Fsp3) is 0.909. The highest BCUT2D eigenvalue weighted by atomic mass is 16.5. The summed E-state index contributed by atoms with van der Waals surface area (Å²) in [6, 6.07) is 0.0943. The van der Waals surface area contributed by atoms with Gasteiger partial charge in [-0.15, -0.1) is 0 Å². The number of hydrogen-bond donors (Lipinski definition) is 1. The van der Waals surface area contributed by atoms with Gasteiger partial charge in [-0.3, -0.25) is 4.79 Å². The van der Waals surface area contributed by atoms with Crippen molar-refractivity contribution in [2.45, 2.75) is 31.7 Å². The highest BCUT2D eigenvalue weighted by Crippen LogP contribution is 2.29. The maximum atomic E-state index is 12.1. The van der Waals surface area contributed by atoms with E-state index in [-0.39, 0.29) is 24.5 Å². The Morgan fingerprint density at radius 2 is 2.27 bits per heavy atom. The standard InChI is InChI=1S/C11H19NO3/c13-6-4-10-8-15-7-5-12(10)11(14)9-2-1-3-9/h9-10,13H,1-8H2. The molecule has 1 N–H and O–H groups in total. The molecule has 0 aromatic heterocycles. The molecule has 1 aliphatic heterocycles. The van der Waals surface area contributed by atoms with Crippen molar-refractivity contribution in [2.24, 2.45) is 5.92 Å². The van der Waals surface area contributed by atoms with E-state index in [2.05, 4.69) is 0 Å². The summed E-state index contributed by atoms with van der Waals surface area (Å²) in [7, 11) is 0. The number of rotatable bonds is 3. The van der Waals surface area contributed by atoms with Crippen molar-refractivity contribution >= 4 is 5.91 Å². The summed E-state index contributed by atoms with van der Waals surface area (Å²) in [5.74, 6) is 0.535. The van der Waals surface area contributed by atoms with Gasteiger partial charge in [0.1, 0.15) is 0 Å². The van der Waals surface area contributed by atoms with Gasteiger partial charge in [-0.1, -0.05) is 6.42 Å². The summed E-state index contributed by atoms with van der Waals surface area (Å²) < 4.78 is 5.34. The number of aliphatic hydroxyl groups is 1. The highest BCUT2D eigenvalue weighted by Gasteiger charge is 2.34. The zero-order chi connectivity index (χ0) is 10.7. The van der Waals surface area contributed by atoms with E-state index >= 15 is 0 Å². The van der Waals surface area contributed by atoms with E-state index in [0.717, 1.165) is 12.8 Å². The molecule has 4 nitrogen and oxygen atoms in total. The number of morpholine rings is 1. The van der Waals surface area contributed by atoms with Gasteiger partial charge in [-0.05, 0) is 19.3 Å². The second kappa shape index (κ2) is 4.94. The number of carbonyl (C=O) groups excluding carboxylic acids is 1. The fourth-order valence-corrected chi connectivity index (χ4v) is 2.22. The summed E-state index contributed by atoms with van der Waals surface area (Å²) in [6.07, 6.45) is 3.91. The van der Waals surface area contributed by atoms with Crippen molar-refractivity contribution in [3.05, 3.63) is 0 Å². The van der Waals surface area contributed by atoms with Gasteiger partial charge in [0.15, 0.2) is 0 Å². The first kappa shape index (κ1) is 10.9. The van der Waals surface area contributed by atoms with Crippen LogP contribution in [0.3, 0.4) is 0 Å². The number of carbonyl (C=O) groups is 1. The Bertz CT molecular complexity index is 226. The summed E-state index contributed by atoms with van der Waals surface area (Å²) in [5, 5.41) is 8.93. The SMILES string of the molecule is O=C(C1CCC1)N1CCOCC1CCO. The molecule has 1 aliphatic carbocycles. The van der Waals surface area contributed by atoms with Gasteiger partial charge in [-0.2, -0.15) is 0 Å². The maximum absolute atomic E-state index is 12.1. The smallest absolute Gasteiger partial charge is 0.226 e. The van der Waals surface area contributed by atoms with Crippen molar-refractivity contribution < 1.29 is 14.6 Å². The lowest BCUT2D eigenvalue weighted by molar-refractivity contribution is -0.147. The molecule has 1 atom stereocenters. The van der Waals surface area contributed by atoms with Crippen LogP contribution < -0.4 is 0 Å². The van der Waals surface area contributed by atoms with E-state index in [9.17, 15) is 4.79 Å². The summed E-state index contributed by atoms with van der Waals surface area (Å²) in [4.78, 5) is 14.0. The zero-order valence-corrected chi connectivity index (χ0v) is 9.02. The van der Waals surface area contributed by atoms with Gasteiger partial charge in [0.05, 0.1) is 19.3 Å². The first-order valence-electron chi connectivity index (χ1n) is 5.82. The fourth-order valence-electron chi connectivity index (χ4n) is 2.22. The minimum Gasteiger partial charge on any atom is -0.396 e. The van der Waals surface area contributed by atoms with Gasteiger partial charge in [-0.25, -0.2) is 0 Å². The first-order chi connectivity index (χ1) is 7.33. The first-order valence-corrected chi connectivity index (χ1v) is 5.82. The molecule has 2 rings (SSSR count). The Morgan fingerprint density at radius 3 is 2.87 bits per heavy atom. The molecule has 15 heavy (non-hydrogen) atoms. The number of amides is 1. The molecule has 0 spiro atoms. The van der Waals surface area contributed by atoms with E-state index in [1.807, 2.05) is 4.90 Å². The Morgan fingerprint density at radius 1 is 1.47 bits per heavy atom. The van der Waals surface area contributed by atoms with Crippen LogP contribution in [0.15, 0.2) is 0 Å². The van der Waals surface area contributed by atoms with Crippen LogP contribution in [0.4, 0.5) is 0 Å². The highest BCUT2D eigenvalue weighted by molar-refractivity contribution is 5.80. The number of nitrogens with zero attached hydrogens (tertiary/aromatic N) is 1. The largest absolute Gasteiger partial charge is 0.396 e. The van der Waals surface area contributed by atoms with Crippen molar-refractivity contribution in [1.82, 2.24) is 4.90 Å². The Hall–Kier alpha value is -0.610. The molecule has 0 aromatic carbocycles. The van der Waals surface area contributed by atoms with Crippen molar-refractivity contribution in [3.63, 3.8) is 0 Å². The van der Waals surface area contributed by atoms with Gasteiger partial charge < -0.3 is 14.7 Å². The van der Waals surface area contributed by atoms with Crippen LogP contribution in [0.25, 0.3) is 0 Å². The van der Waals surface area contributed by atoms with E-state index in [1.165, 1.54) is 6.42 Å². The van der Waals surface area contributed by atoms with Crippen molar-refractivity contribution in [3.8, 4) is 0 Å². The van der Waals surface area contributed by atoms with E-state index < -0.39 is 0 Å². The van der Waals surface area contributed by atoms with Gasteiger partial charge in [0, 0.05) is 19.1 Å². The molecule has 1 saturated heterocycles. The summed E-state index contributed by atoms with van der Waals surface area (Å²) >= 11 is 0. The third-order valence-corrected chi connectivity index (χ3v) is 3.43. The predicted molar refractivity (Wildman–Crippen MR) is 55.4 cm³/mol. The number of aliphatic hydroxyl groups excluding tert-OH is 1. The van der Waals surface area contributed by atoms with Crippen LogP contribution in [0.5, 0.6) is 0 Å². The van der Waals surface area contributed by atoms with E-state index in [4.69, 9.17) is 9.84 Å². The number of hydrogen-bond acceptors (Lipinski definition) is 3. The Balaban J connectivity index is 1.93. The van der Waals surface area contributed by atoms with E-state index in [1.54, 1.807) is 0 Å². The molecule has 1 saturated carbocycles. The molecule has 2 fully saturated rings. The van der Waals surface area contributed by atoms with Crippen molar-refractivity contribution in [2.75, 3.05) is 26.4 Å². The second-order valence-corrected chi connectivity index (χ2v) is 4.40. The molecule has 86 valence electrons. The summed E-state index contributed by atoms with van der Waals surface area (Å²) in [5.41, 5.74) is 0. The molecule has 2 aliphatic rings. The minimum absolute atomic E-state index is 0.0943. The Labute approximate surface area is 90.2 Å². The van der Waals surface area contributed by atoms with Crippen molar-refractivity contribution in [1.29, 1.82) is 0 Å². The summed E-state index contributed by atoms with van der Waals surface area (Å²) in [6.45, 7) is 2.04. The van der Waals surface area contributed by atoms with Crippen LogP contribution >= 0.6 is 0 Å². The second-order valence-electron chi connectivity index (χ2n) is 4.40. The van der Waals surface area contributed by atoms with Gasteiger partial charge in [0.2, 0.25) is 5.91 Å². The molecule has 1 heterocycles. The topological polar surface area (TPSA) is 49.8 Å². The molecule has 0 radical (unpaired) electrons. The monoisotopic (exact) mass is 213 g/mol. The van der Waals surface area contributed by atoms with Crippen LogP contribution in [0.1, 0.15) is 25.7 Å². The number of ether oxygens (including phenoxy) is 1. The lowest BCUT2D eigenvalue weighted by Crippen LogP contribution is -2.52. The molecule has 0 bridgehead atoms. The predicted octanol–water partition coefficient (Wildman–Crippen LogP) is 0.396. The van der Waals surface area contributed by atoms with Gasteiger partial charge in [0.25, 0.3) is 0 Å². The van der Waals surface area contributed by atoms with Crippen LogP contribution in [-0.2, 0) is 9.53 Å². The molecule has 1 amide bonds. The lowest BCUT2D eigenvalue weighted by Gasteiger charge is -2.39. The van der Waals surface area contributed by atoms with Crippen LogP contribution in [0, 0.1) is 5.92 Å². The molecule has 1 unspecified atom stereocenters. The van der Waals surface area contributed by atoms with Crippen LogP contribution in [0.2, 0.25) is 0 Å². The molecule has 0 aromatic rings. The molecule has 4 heteroatoms. The van der Waals surface area contributed by atoms with E-state index in [0.29, 0.717) is 26.2 Å². The minimum atomic E-state index is 0.0943. The zero-order valence-electron chi connectivity index (χ0n) is 9.02. The quantitative estimate of drug-likeness (QED) is 0.738.